The van der Waals surface area contributed by atoms with Crippen molar-refractivity contribution in [2.45, 2.75) is 96.5 Å². The average Bonchev–Trinajstić information content (AvgIpc) is 3.41. The molecule has 0 radical (unpaired) electrons. The van der Waals surface area contributed by atoms with E-state index in [4.69, 9.17) is 13.9 Å². The van der Waals surface area contributed by atoms with Gasteiger partial charge in [-0.05, 0) is 68.6 Å². The number of rotatable bonds is 11. The molecule has 1 unspecified atom stereocenters. The molecule has 1 aromatic carbocycles. The maximum atomic E-state index is 13.6. The molecule has 248 valence electrons. The van der Waals surface area contributed by atoms with Crippen LogP contribution in [0.1, 0.15) is 59.9 Å². The fourth-order valence-corrected chi connectivity index (χ4v) is 7.82. The van der Waals surface area contributed by atoms with E-state index in [-0.39, 0.29) is 45.7 Å². The highest BCUT2D eigenvalue weighted by Gasteiger charge is 2.55. The molecule has 0 N–H and O–H groups in total. The lowest BCUT2D eigenvalue weighted by Crippen LogP contribution is -2.66. The van der Waals surface area contributed by atoms with Crippen LogP contribution in [0.5, 0.6) is 0 Å². The van der Waals surface area contributed by atoms with E-state index in [1.807, 2.05) is 6.92 Å². The molecule has 3 rings (SSSR count). The Balaban J connectivity index is 1.66. The second-order valence-corrected chi connectivity index (χ2v) is 19.4. The number of likely N-dealkylation sites (tertiary alicyclic amines) is 2. The summed E-state index contributed by atoms with van der Waals surface area (Å²) in [7, 11) is -0.978. The summed E-state index contributed by atoms with van der Waals surface area (Å²) in [5.74, 6) is -1.51. The van der Waals surface area contributed by atoms with Crippen LogP contribution in [0.25, 0.3) is 0 Å². The minimum absolute atomic E-state index is 0.0150. The van der Waals surface area contributed by atoms with Gasteiger partial charge in [0.05, 0.1) is 30.1 Å². The van der Waals surface area contributed by atoms with E-state index in [1.165, 1.54) is 41.2 Å². The second-order valence-electron chi connectivity index (χ2n) is 13.3. The molecule has 2 fully saturated rings. The Labute approximate surface area is 270 Å². The number of hydrogen-bond acceptors (Lipinski definition) is 10. The predicted molar refractivity (Wildman–Crippen MR) is 173 cm³/mol. The standard InChI is InChI=1S/C31H45N3O9SSi/c1-19(2)27(29(37)41-7)33-24(26(28(33)36)20(3)43-45(8,9)31(4,5)6)16-25(35)44-23-14-15-32(17-23)30(38)42-18-21-10-12-22(13-11-21)34(39)40/h10-13,20,23-24,26H,14-18H2,1-9H3/t20-,23?,24-,26-/m1/s1. The summed E-state index contributed by atoms with van der Waals surface area (Å²) in [6, 6.07) is 5.20. The topological polar surface area (TPSA) is 146 Å². The van der Waals surface area contributed by atoms with Crippen LogP contribution < -0.4 is 0 Å². The van der Waals surface area contributed by atoms with Crippen molar-refractivity contribution in [1.82, 2.24) is 9.80 Å². The Bertz CT molecular complexity index is 1340. The van der Waals surface area contributed by atoms with Crippen molar-refractivity contribution in [2.75, 3.05) is 20.2 Å². The number of methoxy groups -OCH3 is 1. The van der Waals surface area contributed by atoms with Crippen LogP contribution in [0.15, 0.2) is 35.5 Å². The number of nitro benzene ring substituents is 1. The Hall–Kier alpha value is -3.23. The van der Waals surface area contributed by atoms with Gasteiger partial charge in [0.15, 0.2) is 13.4 Å². The highest BCUT2D eigenvalue weighted by molar-refractivity contribution is 8.14. The molecule has 14 heteroatoms. The van der Waals surface area contributed by atoms with Gasteiger partial charge in [0.1, 0.15) is 12.3 Å². The molecule has 12 nitrogen and oxygen atoms in total. The number of nitro groups is 1. The van der Waals surface area contributed by atoms with Crippen molar-refractivity contribution >= 4 is 48.9 Å². The smallest absolute Gasteiger partial charge is 0.410 e. The first-order valence-electron chi connectivity index (χ1n) is 15.0. The van der Waals surface area contributed by atoms with Crippen molar-refractivity contribution in [3.05, 3.63) is 51.2 Å². The Morgan fingerprint density at radius 3 is 2.31 bits per heavy atom. The quantitative estimate of drug-likeness (QED) is 0.0726. The summed E-state index contributed by atoms with van der Waals surface area (Å²) >= 11 is 1.14. The molecule has 2 amide bonds. The van der Waals surface area contributed by atoms with Crippen LogP contribution in [-0.2, 0) is 34.9 Å². The molecule has 1 aromatic rings. The van der Waals surface area contributed by atoms with Crippen LogP contribution in [0.3, 0.4) is 0 Å². The zero-order valence-corrected chi connectivity index (χ0v) is 29.4. The molecule has 2 aliphatic heterocycles. The first-order valence-corrected chi connectivity index (χ1v) is 18.8. The lowest BCUT2D eigenvalue weighted by Gasteiger charge is -2.51. The van der Waals surface area contributed by atoms with E-state index in [0.717, 1.165) is 11.8 Å². The normalized spacial score (nSPS) is 20.7. The molecule has 0 spiro atoms. The Morgan fingerprint density at radius 2 is 1.78 bits per heavy atom. The average molecular weight is 664 g/mol. The van der Waals surface area contributed by atoms with Crippen molar-refractivity contribution in [3.63, 3.8) is 0 Å². The molecule has 2 aliphatic rings. The third-order valence-corrected chi connectivity index (χ3v) is 14.5. The number of nitrogens with zero attached hydrogens (tertiary/aromatic N) is 3. The van der Waals surface area contributed by atoms with Gasteiger partial charge in [-0.3, -0.25) is 19.7 Å². The number of β-lactam (4-membered cyclic amide) rings is 1. The summed E-state index contributed by atoms with van der Waals surface area (Å²) in [6.45, 7) is 16.6. The minimum atomic E-state index is -2.24. The molecule has 0 aromatic heterocycles. The molecule has 0 aliphatic carbocycles. The van der Waals surface area contributed by atoms with Gasteiger partial charge in [-0.15, -0.1) is 0 Å². The molecular weight excluding hydrogens is 619 g/mol. The second kappa shape index (κ2) is 14.5. The van der Waals surface area contributed by atoms with Gasteiger partial charge < -0.3 is 23.7 Å². The number of non-ortho nitro benzene ring substituents is 1. The molecular formula is C31H45N3O9SSi. The van der Waals surface area contributed by atoms with Crippen molar-refractivity contribution in [1.29, 1.82) is 0 Å². The van der Waals surface area contributed by atoms with Gasteiger partial charge in [-0.2, -0.15) is 0 Å². The number of esters is 1. The van der Waals surface area contributed by atoms with Crippen LogP contribution >= 0.6 is 11.8 Å². The third-order valence-electron chi connectivity index (χ3n) is 8.74. The first-order chi connectivity index (χ1) is 20.9. The summed E-state index contributed by atoms with van der Waals surface area (Å²) in [6.07, 6.45) is -0.378. The van der Waals surface area contributed by atoms with E-state index >= 15 is 0 Å². The van der Waals surface area contributed by atoms with Crippen LogP contribution in [0.2, 0.25) is 18.1 Å². The van der Waals surface area contributed by atoms with Crippen LogP contribution in [-0.4, -0.2) is 83.7 Å². The van der Waals surface area contributed by atoms with Crippen molar-refractivity contribution in [2.24, 2.45) is 5.92 Å². The van der Waals surface area contributed by atoms with Gasteiger partial charge in [0.25, 0.3) is 5.69 Å². The lowest BCUT2D eigenvalue weighted by molar-refractivity contribution is -0.384. The van der Waals surface area contributed by atoms with E-state index in [9.17, 15) is 29.3 Å². The number of carbonyl (C=O) groups excluding carboxylic acids is 4. The maximum Gasteiger partial charge on any atom is 0.410 e. The predicted octanol–water partition coefficient (Wildman–Crippen LogP) is 5.66. The number of thioether (sulfide) groups is 1. The monoisotopic (exact) mass is 663 g/mol. The van der Waals surface area contributed by atoms with Crippen LogP contribution in [0, 0.1) is 16.0 Å². The summed E-state index contributed by atoms with van der Waals surface area (Å²) in [4.78, 5) is 65.7. The SMILES string of the molecule is COC(=O)C(=C(C)C)N1C(=O)[C@H]([C@@H](C)O[Si](C)(C)C(C)(C)C)[C@H]1CC(=O)SC1CCN(C(=O)OCc2ccc([N+](=O)[O-])cc2)C1. The largest absolute Gasteiger partial charge is 0.464 e. The highest BCUT2D eigenvalue weighted by atomic mass is 32.2. The van der Waals surface area contributed by atoms with Gasteiger partial charge in [0, 0.05) is 36.9 Å². The van der Waals surface area contributed by atoms with Gasteiger partial charge in [0.2, 0.25) is 5.91 Å². The zero-order valence-electron chi connectivity index (χ0n) is 27.6. The van der Waals surface area contributed by atoms with E-state index in [1.54, 1.807) is 13.8 Å². The number of hydrogen-bond donors (Lipinski definition) is 0. The Morgan fingerprint density at radius 1 is 1.16 bits per heavy atom. The first kappa shape index (κ1) is 36.2. The molecule has 2 saturated heterocycles. The van der Waals surface area contributed by atoms with E-state index in [2.05, 4.69) is 33.9 Å². The van der Waals surface area contributed by atoms with Gasteiger partial charge in [-0.25, -0.2) is 9.59 Å². The fraction of sp³-hybridized carbons (Fsp3) is 0.613. The van der Waals surface area contributed by atoms with E-state index < -0.39 is 43.4 Å². The summed E-state index contributed by atoms with van der Waals surface area (Å²) in [5.41, 5.74) is 1.33. The summed E-state index contributed by atoms with van der Waals surface area (Å²) in [5, 5.41) is 10.5. The van der Waals surface area contributed by atoms with E-state index in [0.29, 0.717) is 30.6 Å². The minimum Gasteiger partial charge on any atom is -0.464 e. The zero-order chi connectivity index (χ0) is 33.9. The molecule has 0 bridgehead atoms. The number of amides is 2. The highest BCUT2D eigenvalue weighted by Crippen LogP contribution is 2.43. The molecule has 4 atom stereocenters. The maximum absolute atomic E-state index is 13.6. The lowest BCUT2D eigenvalue weighted by atomic mass is 9.80. The number of carbonyl (C=O) groups is 4. The molecule has 45 heavy (non-hydrogen) atoms. The van der Waals surface area contributed by atoms with Gasteiger partial charge >= 0.3 is 12.1 Å². The molecule has 2 heterocycles. The molecule has 0 saturated carbocycles. The summed E-state index contributed by atoms with van der Waals surface area (Å²) < 4.78 is 16.9. The Kier molecular flexibility index (Phi) is 11.6. The van der Waals surface area contributed by atoms with Gasteiger partial charge in [-0.1, -0.05) is 32.5 Å². The van der Waals surface area contributed by atoms with Crippen molar-refractivity contribution in [3.8, 4) is 0 Å². The third kappa shape index (κ3) is 8.53. The van der Waals surface area contributed by atoms with Crippen LogP contribution in [0.4, 0.5) is 10.5 Å². The number of ether oxygens (including phenoxy) is 2. The number of allylic oxidation sites excluding steroid dienone is 1. The number of benzene rings is 1. The van der Waals surface area contributed by atoms with Crippen molar-refractivity contribution < 1.29 is 38.0 Å². The fourth-order valence-electron chi connectivity index (χ4n) is 5.28.